The third kappa shape index (κ3) is 2.70. The van der Waals surface area contributed by atoms with Crippen molar-refractivity contribution in [2.24, 2.45) is 0 Å². The summed E-state index contributed by atoms with van der Waals surface area (Å²) in [6, 6.07) is 9.50. The van der Waals surface area contributed by atoms with Gasteiger partial charge in [0.25, 0.3) is 5.91 Å². The molecule has 138 valence electrons. The quantitative estimate of drug-likeness (QED) is 0.667. The van der Waals surface area contributed by atoms with Crippen LogP contribution in [0.1, 0.15) is 34.3 Å². The first kappa shape index (κ1) is 17.3. The number of hydrogen-bond donors (Lipinski definition) is 1. The molecule has 1 aliphatic carbocycles. The van der Waals surface area contributed by atoms with E-state index in [9.17, 15) is 23.2 Å². The van der Waals surface area contributed by atoms with Crippen LogP contribution in [0.4, 0.5) is 13.6 Å². The normalized spacial score (nSPS) is 21.3. The van der Waals surface area contributed by atoms with Crippen molar-refractivity contribution < 1.29 is 23.2 Å². The van der Waals surface area contributed by atoms with Crippen LogP contribution >= 0.6 is 0 Å². The Kier molecular flexibility index (Phi) is 4.02. The molecule has 4 rings (SSSR count). The molecule has 2 aromatic carbocycles. The van der Waals surface area contributed by atoms with E-state index in [4.69, 9.17) is 0 Å². The van der Waals surface area contributed by atoms with Gasteiger partial charge in [0, 0.05) is 5.56 Å². The Bertz CT molecular complexity index is 975. The summed E-state index contributed by atoms with van der Waals surface area (Å²) < 4.78 is 26.4. The van der Waals surface area contributed by atoms with Crippen LogP contribution in [-0.4, -0.2) is 29.2 Å². The number of nitrogens with one attached hydrogen (secondary N) is 1. The van der Waals surface area contributed by atoms with Gasteiger partial charge in [0.1, 0.15) is 5.54 Å². The first-order valence-electron chi connectivity index (χ1n) is 8.63. The minimum Gasteiger partial charge on any atom is -0.319 e. The number of hydrogen-bond acceptors (Lipinski definition) is 3. The molecule has 0 saturated carbocycles. The number of halogens is 2. The predicted molar refractivity (Wildman–Crippen MR) is 92.0 cm³/mol. The van der Waals surface area contributed by atoms with E-state index in [0.717, 1.165) is 47.1 Å². The van der Waals surface area contributed by atoms with Gasteiger partial charge in [0.15, 0.2) is 17.4 Å². The highest BCUT2D eigenvalue weighted by Crippen LogP contribution is 2.39. The second-order valence-corrected chi connectivity index (χ2v) is 6.79. The Morgan fingerprint density at radius 1 is 1.11 bits per heavy atom. The molecule has 1 fully saturated rings. The molecule has 0 unspecified atom stereocenters. The molecule has 1 atom stereocenters. The van der Waals surface area contributed by atoms with Crippen molar-refractivity contribution >= 4 is 17.7 Å². The molecule has 1 saturated heterocycles. The molecule has 2 aliphatic rings. The number of Topliss-reactive ketones (excluding diaryl/α,β-unsaturated/α-hetero) is 1. The van der Waals surface area contributed by atoms with E-state index in [2.05, 4.69) is 5.32 Å². The lowest BCUT2D eigenvalue weighted by atomic mass is 9.76. The van der Waals surface area contributed by atoms with Crippen molar-refractivity contribution in [3.63, 3.8) is 0 Å². The molecule has 0 bridgehead atoms. The van der Waals surface area contributed by atoms with Crippen molar-refractivity contribution in [3.8, 4) is 0 Å². The number of nitrogens with zero attached hydrogens (tertiary/aromatic N) is 1. The third-order valence-corrected chi connectivity index (χ3v) is 5.19. The van der Waals surface area contributed by atoms with Crippen LogP contribution in [0.3, 0.4) is 0 Å². The van der Waals surface area contributed by atoms with Gasteiger partial charge < -0.3 is 5.32 Å². The summed E-state index contributed by atoms with van der Waals surface area (Å²) >= 11 is 0. The first-order valence-corrected chi connectivity index (χ1v) is 8.63. The maximum atomic E-state index is 13.4. The number of urea groups is 1. The van der Waals surface area contributed by atoms with Crippen molar-refractivity contribution in [1.29, 1.82) is 0 Å². The Hall–Kier alpha value is -3.09. The molecule has 0 radical (unpaired) electrons. The van der Waals surface area contributed by atoms with Gasteiger partial charge in [0.2, 0.25) is 0 Å². The fourth-order valence-electron chi connectivity index (χ4n) is 3.86. The van der Waals surface area contributed by atoms with Crippen LogP contribution in [0, 0.1) is 11.6 Å². The molecule has 1 heterocycles. The average Bonchev–Trinajstić information content (AvgIpc) is 2.89. The highest BCUT2D eigenvalue weighted by Gasteiger charge is 2.54. The largest absolute Gasteiger partial charge is 0.325 e. The molecular weight excluding hydrogens is 354 g/mol. The van der Waals surface area contributed by atoms with Crippen LogP contribution in [0.5, 0.6) is 0 Å². The molecule has 1 aliphatic heterocycles. The monoisotopic (exact) mass is 370 g/mol. The molecule has 0 aromatic heterocycles. The van der Waals surface area contributed by atoms with Crippen LogP contribution in [0.25, 0.3) is 0 Å². The summed E-state index contributed by atoms with van der Waals surface area (Å²) in [5.41, 5.74) is 0.475. The number of carbonyl (C=O) groups excluding carboxylic acids is 3. The van der Waals surface area contributed by atoms with Crippen molar-refractivity contribution in [2.75, 3.05) is 6.54 Å². The van der Waals surface area contributed by atoms with E-state index < -0.39 is 41.4 Å². The number of amides is 3. The topological polar surface area (TPSA) is 66.5 Å². The third-order valence-electron chi connectivity index (χ3n) is 5.19. The van der Waals surface area contributed by atoms with E-state index in [0.29, 0.717) is 6.42 Å². The number of imide groups is 1. The lowest BCUT2D eigenvalue weighted by molar-refractivity contribution is -0.131. The zero-order chi connectivity index (χ0) is 19.2. The second-order valence-electron chi connectivity index (χ2n) is 6.79. The van der Waals surface area contributed by atoms with Crippen molar-refractivity contribution in [1.82, 2.24) is 10.2 Å². The molecule has 2 aromatic rings. The Balaban J connectivity index is 1.63. The molecule has 27 heavy (non-hydrogen) atoms. The van der Waals surface area contributed by atoms with Gasteiger partial charge in [-0.3, -0.25) is 14.5 Å². The van der Waals surface area contributed by atoms with Gasteiger partial charge in [-0.15, -0.1) is 0 Å². The highest BCUT2D eigenvalue weighted by atomic mass is 19.2. The number of carbonyl (C=O) groups is 3. The lowest BCUT2D eigenvalue weighted by Gasteiger charge is -2.33. The summed E-state index contributed by atoms with van der Waals surface area (Å²) in [5, 5.41) is 2.75. The molecule has 1 N–H and O–H groups in total. The smallest absolute Gasteiger partial charge is 0.319 e. The average molecular weight is 370 g/mol. The summed E-state index contributed by atoms with van der Waals surface area (Å²) in [4.78, 5) is 38.8. The van der Waals surface area contributed by atoms with Crippen LogP contribution in [-0.2, 0) is 16.8 Å². The van der Waals surface area contributed by atoms with Crippen LogP contribution in [0.15, 0.2) is 42.5 Å². The summed E-state index contributed by atoms with van der Waals surface area (Å²) in [6.07, 6.45) is 1.99. The van der Waals surface area contributed by atoms with E-state index in [-0.39, 0.29) is 5.56 Å². The maximum absolute atomic E-state index is 13.4. The van der Waals surface area contributed by atoms with Gasteiger partial charge in [0.05, 0.1) is 6.54 Å². The van der Waals surface area contributed by atoms with Crippen molar-refractivity contribution in [2.45, 2.75) is 24.8 Å². The Morgan fingerprint density at radius 3 is 2.67 bits per heavy atom. The number of rotatable bonds is 3. The fraction of sp³-hybridized carbons (Fsp3) is 0.250. The molecular formula is C20H16F2N2O3. The molecule has 3 amide bonds. The highest BCUT2D eigenvalue weighted by molar-refractivity contribution is 6.11. The van der Waals surface area contributed by atoms with Crippen LogP contribution in [0.2, 0.25) is 0 Å². The zero-order valence-corrected chi connectivity index (χ0v) is 14.3. The van der Waals surface area contributed by atoms with E-state index in [1.807, 2.05) is 18.2 Å². The molecule has 1 spiro atoms. The summed E-state index contributed by atoms with van der Waals surface area (Å²) in [6.45, 7) is -0.528. The number of benzene rings is 2. The number of ketones is 1. The van der Waals surface area contributed by atoms with Gasteiger partial charge >= 0.3 is 6.03 Å². The summed E-state index contributed by atoms with van der Waals surface area (Å²) in [7, 11) is 0. The van der Waals surface area contributed by atoms with E-state index in [1.165, 1.54) is 0 Å². The fourth-order valence-corrected chi connectivity index (χ4v) is 3.86. The Morgan fingerprint density at radius 2 is 1.89 bits per heavy atom. The van der Waals surface area contributed by atoms with Gasteiger partial charge in [-0.05, 0) is 48.6 Å². The number of aryl methyl sites for hydroxylation is 1. The lowest BCUT2D eigenvalue weighted by Crippen LogP contribution is -2.46. The van der Waals surface area contributed by atoms with E-state index >= 15 is 0 Å². The van der Waals surface area contributed by atoms with Gasteiger partial charge in [-0.1, -0.05) is 24.3 Å². The Labute approximate surface area is 154 Å². The molecule has 5 nitrogen and oxygen atoms in total. The number of fused-ring (bicyclic) bond motifs is 2. The van der Waals surface area contributed by atoms with E-state index in [1.54, 1.807) is 6.07 Å². The standard InChI is InChI=1S/C20H16F2N2O3/c21-15-8-7-13(10-16(15)22)17(25)11-24-18(26)20(23-19(24)27)9-3-5-12-4-1-2-6-14(12)20/h1-2,4,6-8,10H,3,5,9,11H2,(H,23,27)/t20-/m1/s1. The van der Waals surface area contributed by atoms with Gasteiger partial charge in [-0.2, -0.15) is 0 Å². The van der Waals surface area contributed by atoms with Crippen molar-refractivity contribution in [3.05, 3.63) is 70.8 Å². The molecule has 7 heteroatoms. The predicted octanol–water partition coefficient (Wildman–Crippen LogP) is 2.93. The van der Waals surface area contributed by atoms with Gasteiger partial charge in [-0.25, -0.2) is 13.6 Å². The minimum atomic E-state index is -1.17. The minimum absolute atomic E-state index is 0.0977. The zero-order valence-electron chi connectivity index (χ0n) is 14.3. The maximum Gasteiger partial charge on any atom is 0.325 e. The first-order chi connectivity index (χ1) is 12.9. The SMILES string of the molecule is O=C(CN1C(=O)N[C@@]2(CCCc3ccccc32)C1=O)c1ccc(F)c(F)c1. The second kappa shape index (κ2) is 6.26. The van der Waals surface area contributed by atoms with Crippen LogP contribution < -0.4 is 5.32 Å². The summed E-state index contributed by atoms with van der Waals surface area (Å²) in [5.74, 6) is -3.36.